The van der Waals surface area contributed by atoms with Crippen molar-refractivity contribution in [2.45, 2.75) is 0 Å². The predicted octanol–water partition coefficient (Wildman–Crippen LogP) is 1.15. The second-order valence-electron chi connectivity index (χ2n) is 2.46. The Balaban J connectivity index is 3.50. The predicted molar refractivity (Wildman–Crippen MR) is 55.0 cm³/mol. The Bertz CT molecular complexity index is 459. The van der Waals surface area contributed by atoms with Crippen molar-refractivity contribution in [2.75, 3.05) is 14.2 Å². The fourth-order valence-corrected chi connectivity index (χ4v) is 2.36. The average Bonchev–Trinajstić information content (AvgIpc) is 2.27. The van der Waals surface area contributed by atoms with E-state index in [4.69, 9.17) is 11.6 Å². The maximum atomic E-state index is 11.9. The van der Waals surface area contributed by atoms with Gasteiger partial charge >= 0.3 is 13.3 Å². The van der Waals surface area contributed by atoms with Gasteiger partial charge in [0.05, 0.1) is 4.92 Å². The molecule has 0 aromatic carbocycles. The third-order valence-electron chi connectivity index (χ3n) is 1.68. The van der Waals surface area contributed by atoms with Gasteiger partial charge in [0, 0.05) is 14.2 Å². The van der Waals surface area contributed by atoms with Crippen LogP contribution in [0.3, 0.4) is 0 Å². The highest BCUT2D eigenvalue weighted by Crippen LogP contribution is 2.47. The first-order chi connectivity index (χ1) is 7.46. The number of hydrogen-bond acceptors (Lipinski definition) is 7. The van der Waals surface area contributed by atoms with Crippen LogP contribution in [0.5, 0.6) is 0 Å². The zero-order valence-electron chi connectivity index (χ0n) is 8.29. The molecule has 0 saturated heterocycles. The molecule has 0 N–H and O–H groups in total. The van der Waals surface area contributed by atoms with Gasteiger partial charge < -0.3 is 9.05 Å². The molecular formula is C6H7ClN3O5P. The molecular weight excluding hydrogens is 261 g/mol. The first-order valence-corrected chi connectivity index (χ1v) is 5.75. The molecule has 0 radical (unpaired) electrons. The Morgan fingerprint density at radius 3 is 2.44 bits per heavy atom. The molecule has 1 aromatic rings. The van der Waals surface area contributed by atoms with E-state index >= 15 is 0 Å². The Labute approximate surface area is 95.2 Å². The van der Waals surface area contributed by atoms with Crippen LogP contribution in [-0.2, 0) is 13.6 Å². The van der Waals surface area contributed by atoms with E-state index in [-0.39, 0.29) is 0 Å². The maximum Gasteiger partial charge on any atom is 0.386 e. The van der Waals surface area contributed by atoms with Gasteiger partial charge in [0.1, 0.15) is 6.33 Å². The maximum absolute atomic E-state index is 11.9. The van der Waals surface area contributed by atoms with E-state index in [2.05, 4.69) is 19.0 Å². The fraction of sp³-hybridized carbons (Fsp3) is 0.333. The second-order valence-corrected chi connectivity index (χ2v) is 4.96. The van der Waals surface area contributed by atoms with E-state index in [1.807, 2.05) is 0 Å². The molecule has 0 aliphatic rings. The van der Waals surface area contributed by atoms with Gasteiger partial charge in [0.2, 0.25) is 10.6 Å². The standard InChI is InChI=1S/C6H7ClN3O5P/c1-14-16(13,15-2)6-4(10(11)12)5(7)8-3-9-6/h3H,1-2H3. The van der Waals surface area contributed by atoms with Crippen LogP contribution >= 0.6 is 19.2 Å². The Morgan fingerprint density at radius 1 is 1.44 bits per heavy atom. The average molecular weight is 268 g/mol. The lowest BCUT2D eigenvalue weighted by molar-refractivity contribution is -0.384. The van der Waals surface area contributed by atoms with Crippen molar-refractivity contribution in [2.24, 2.45) is 0 Å². The summed E-state index contributed by atoms with van der Waals surface area (Å²) in [5.41, 5.74) is -1.15. The van der Waals surface area contributed by atoms with E-state index in [0.717, 1.165) is 20.5 Å². The Hall–Kier alpha value is -1.08. The molecule has 0 saturated carbocycles. The third kappa shape index (κ3) is 2.19. The zero-order chi connectivity index (χ0) is 12.3. The topological polar surface area (TPSA) is 104 Å². The molecule has 0 unspecified atom stereocenters. The molecule has 16 heavy (non-hydrogen) atoms. The van der Waals surface area contributed by atoms with E-state index in [1.165, 1.54) is 0 Å². The quantitative estimate of drug-likeness (QED) is 0.349. The summed E-state index contributed by atoms with van der Waals surface area (Å²) in [5.74, 6) is 0. The molecule has 1 aromatic heterocycles. The van der Waals surface area contributed by atoms with Crippen LogP contribution in [0.1, 0.15) is 0 Å². The van der Waals surface area contributed by atoms with E-state index < -0.39 is 28.8 Å². The van der Waals surface area contributed by atoms with Crippen LogP contribution in [0.4, 0.5) is 5.69 Å². The minimum absolute atomic E-state index is 0.427. The SMILES string of the molecule is COP(=O)(OC)c1ncnc(Cl)c1[N+](=O)[O-]. The smallest absolute Gasteiger partial charge is 0.307 e. The molecule has 0 fully saturated rings. The van der Waals surface area contributed by atoms with Crippen molar-refractivity contribution in [1.29, 1.82) is 0 Å². The van der Waals surface area contributed by atoms with Gasteiger partial charge in [-0.15, -0.1) is 0 Å². The molecule has 88 valence electrons. The van der Waals surface area contributed by atoms with Crippen molar-refractivity contribution in [3.63, 3.8) is 0 Å². The van der Waals surface area contributed by atoms with Crippen molar-refractivity contribution in [3.05, 3.63) is 21.6 Å². The molecule has 1 rings (SSSR count). The van der Waals surface area contributed by atoms with Gasteiger partial charge in [0.25, 0.3) is 0 Å². The lowest BCUT2D eigenvalue weighted by atomic mass is 10.5. The Morgan fingerprint density at radius 2 is 2.00 bits per heavy atom. The number of nitro groups is 1. The summed E-state index contributed by atoms with van der Waals surface area (Å²) in [6.45, 7) is 0. The monoisotopic (exact) mass is 267 g/mol. The van der Waals surface area contributed by atoms with Crippen molar-refractivity contribution in [3.8, 4) is 0 Å². The van der Waals surface area contributed by atoms with Crippen LogP contribution in [0.2, 0.25) is 5.15 Å². The number of halogens is 1. The minimum Gasteiger partial charge on any atom is -0.307 e. The molecule has 0 aliphatic heterocycles. The number of aromatic nitrogens is 2. The van der Waals surface area contributed by atoms with Crippen LogP contribution in [0, 0.1) is 10.1 Å². The molecule has 0 atom stereocenters. The summed E-state index contributed by atoms with van der Waals surface area (Å²) in [7, 11) is -1.65. The van der Waals surface area contributed by atoms with Crippen LogP contribution < -0.4 is 5.44 Å². The molecule has 10 heteroatoms. The lowest BCUT2D eigenvalue weighted by Gasteiger charge is -2.12. The van der Waals surface area contributed by atoms with E-state index in [0.29, 0.717) is 0 Å². The fourth-order valence-electron chi connectivity index (χ4n) is 0.954. The summed E-state index contributed by atoms with van der Waals surface area (Å²) in [5, 5.41) is 10.3. The second kappa shape index (κ2) is 4.84. The highest BCUT2D eigenvalue weighted by molar-refractivity contribution is 7.62. The number of rotatable bonds is 4. The highest BCUT2D eigenvalue weighted by Gasteiger charge is 2.37. The molecule has 1 heterocycles. The normalized spacial score (nSPS) is 11.4. The summed E-state index contributed by atoms with van der Waals surface area (Å²) >= 11 is 5.52. The zero-order valence-corrected chi connectivity index (χ0v) is 9.94. The summed E-state index contributed by atoms with van der Waals surface area (Å²) in [6.07, 6.45) is 0.940. The van der Waals surface area contributed by atoms with E-state index in [9.17, 15) is 14.7 Å². The minimum atomic E-state index is -3.83. The van der Waals surface area contributed by atoms with Gasteiger partial charge in [-0.2, -0.15) is 0 Å². The number of hydrogen-bond donors (Lipinski definition) is 0. The van der Waals surface area contributed by atoms with Crippen LogP contribution in [-0.4, -0.2) is 29.1 Å². The summed E-state index contributed by atoms with van der Waals surface area (Å²) < 4.78 is 21.1. The first kappa shape index (κ1) is 13.0. The summed E-state index contributed by atoms with van der Waals surface area (Å²) in [4.78, 5) is 16.8. The molecule has 8 nitrogen and oxygen atoms in total. The third-order valence-corrected chi connectivity index (χ3v) is 3.77. The van der Waals surface area contributed by atoms with Crippen molar-refractivity contribution >= 4 is 30.3 Å². The van der Waals surface area contributed by atoms with Crippen LogP contribution in [0.25, 0.3) is 0 Å². The molecule has 0 bridgehead atoms. The van der Waals surface area contributed by atoms with Crippen LogP contribution in [0.15, 0.2) is 6.33 Å². The van der Waals surface area contributed by atoms with E-state index in [1.54, 1.807) is 0 Å². The largest absolute Gasteiger partial charge is 0.386 e. The number of nitrogens with zero attached hydrogens (tertiary/aromatic N) is 3. The van der Waals surface area contributed by atoms with Gasteiger partial charge in [-0.25, -0.2) is 9.97 Å². The lowest BCUT2D eigenvalue weighted by Crippen LogP contribution is -2.17. The molecule has 0 amide bonds. The van der Waals surface area contributed by atoms with Gasteiger partial charge in [-0.1, -0.05) is 11.6 Å². The van der Waals surface area contributed by atoms with Gasteiger partial charge in [-0.3, -0.25) is 14.7 Å². The van der Waals surface area contributed by atoms with Crippen molar-refractivity contribution in [1.82, 2.24) is 9.97 Å². The van der Waals surface area contributed by atoms with Crippen molar-refractivity contribution < 1.29 is 18.5 Å². The highest BCUT2D eigenvalue weighted by atomic mass is 35.5. The van der Waals surface area contributed by atoms with Gasteiger partial charge in [-0.05, 0) is 0 Å². The summed E-state index contributed by atoms with van der Waals surface area (Å²) in [6, 6.07) is 0. The molecule has 0 spiro atoms. The molecule has 0 aliphatic carbocycles. The van der Waals surface area contributed by atoms with Gasteiger partial charge in [0.15, 0.2) is 0 Å². The Kier molecular flexibility index (Phi) is 3.93. The first-order valence-electron chi connectivity index (χ1n) is 3.83.